The molecule has 9 heteroatoms. The van der Waals surface area contributed by atoms with E-state index in [1.807, 2.05) is 26.0 Å². The largest absolute Gasteiger partial charge is 0.480 e. The van der Waals surface area contributed by atoms with Crippen LogP contribution in [-0.2, 0) is 9.59 Å². The molecule has 2 aromatic rings. The maximum absolute atomic E-state index is 12.5. The van der Waals surface area contributed by atoms with Crippen molar-refractivity contribution in [3.8, 4) is 0 Å². The lowest BCUT2D eigenvalue weighted by Gasteiger charge is -2.32. The van der Waals surface area contributed by atoms with E-state index in [-0.39, 0.29) is 17.7 Å². The van der Waals surface area contributed by atoms with E-state index in [4.69, 9.17) is 0 Å². The van der Waals surface area contributed by atoms with Crippen LogP contribution in [0.5, 0.6) is 0 Å². The highest BCUT2D eigenvalue weighted by atomic mass is 16.4. The van der Waals surface area contributed by atoms with Crippen LogP contribution in [0.25, 0.3) is 5.65 Å². The van der Waals surface area contributed by atoms with Crippen LogP contribution in [0.2, 0.25) is 0 Å². The third-order valence-electron chi connectivity index (χ3n) is 5.11. The number of amides is 1. The molecule has 0 radical (unpaired) electrons. The summed E-state index contributed by atoms with van der Waals surface area (Å²) < 4.78 is 1.62. The van der Waals surface area contributed by atoms with E-state index in [1.165, 1.54) is 0 Å². The Labute approximate surface area is 151 Å². The molecule has 3 heterocycles. The third kappa shape index (κ3) is 3.76. The Morgan fingerprint density at radius 3 is 2.73 bits per heavy atom. The molecule has 0 bridgehead atoms. The number of fused-ring (bicyclic) bond motifs is 1. The van der Waals surface area contributed by atoms with Gasteiger partial charge in [0.25, 0.3) is 0 Å². The topological polar surface area (TPSA) is 113 Å². The minimum absolute atomic E-state index is 0.101. The highest BCUT2D eigenvalue weighted by molar-refractivity contribution is 5.85. The summed E-state index contributed by atoms with van der Waals surface area (Å²) in [5, 5.41) is 24.3. The predicted octanol–water partition coefficient (Wildman–Crippen LogP) is 0.956. The molecule has 1 aliphatic rings. The fourth-order valence-corrected chi connectivity index (χ4v) is 3.21. The number of carboxylic acids is 1. The summed E-state index contributed by atoms with van der Waals surface area (Å²) in [5.41, 5.74) is 0.688. The van der Waals surface area contributed by atoms with E-state index in [2.05, 4.69) is 25.5 Å². The Kier molecular flexibility index (Phi) is 5.34. The van der Waals surface area contributed by atoms with Crippen LogP contribution in [0, 0.1) is 11.8 Å². The first kappa shape index (κ1) is 18.1. The van der Waals surface area contributed by atoms with Gasteiger partial charge >= 0.3 is 5.97 Å². The number of nitrogens with zero attached hydrogens (tertiary/aromatic N) is 5. The van der Waals surface area contributed by atoms with Crippen molar-refractivity contribution in [1.82, 2.24) is 25.1 Å². The molecule has 2 aromatic heterocycles. The average molecular weight is 360 g/mol. The van der Waals surface area contributed by atoms with Gasteiger partial charge in [0.05, 0.1) is 0 Å². The molecule has 1 fully saturated rings. The molecule has 140 valence electrons. The highest BCUT2D eigenvalue weighted by Gasteiger charge is 2.31. The molecule has 1 aliphatic heterocycles. The molecule has 1 amide bonds. The highest BCUT2D eigenvalue weighted by Crippen LogP contribution is 2.22. The second-order valence-corrected chi connectivity index (χ2v) is 6.80. The number of carbonyl (C=O) groups excluding carboxylic acids is 1. The van der Waals surface area contributed by atoms with Gasteiger partial charge in [-0.05, 0) is 30.9 Å². The first-order valence-electron chi connectivity index (χ1n) is 8.94. The Morgan fingerprint density at radius 1 is 1.35 bits per heavy atom. The van der Waals surface area contributed by atoms with Crippen LogP contribution < -0.4 is 10.2 Å². The van der Waals surface area contributed by atoms with Gasteiger partial charge in [0.2, 0.25) is 5.91 Å². The molecule has 0 aromatic carbocycles. The van der Waals surface area contributed by atoms with Crippen LogP contribution in [0.3, 0.4) is 0 Å². The number of piperidine rings is 1. The Balaban J connectivity index is 1.58. The van der Waals surface area contributed by atoms with Crippen molar-refractivity contribution in [3.05, 3.63) is 18.5 Å². The molecule has 0 spiro atoms. The molecule has 3 rings (SSSR count). The number of rotatable bonds is 6. The van der Waals surface area contributed by atoms with E-state index in [9.17, 15) is 14.7 Å². The van der Waals surface area contributed by atoms with Gasteiger partial charge in [-0.2, -0.15) is 4.52 Å². The summed E-state index contributed by atoms with van der Waals surface area (Å²) in [5.74, 6) is -0.595. The zero-order valence-corrected chi connectivity index (χ0v) is 15.0. The lowest BCUT2D eigenvalue weighted by atomic mass is 9.93. The second kappa shape index (κ2) is 7.67. The SMILES string of the molecule is CC[C@H](C)[C@H](NC(=O)C1CCN(c2ccc3nncn3n2)CC1)C(=O)O. The molecule has 2 atom stereocenters. The average Bonchev–Trinajstić information content (AvgIpc) is 3.13. The van der Waals surface area contributed by atoms with E-state index in [0.29, 0.717) is 38.0 Å². The molecular weight excluding hydrogens is 336 g/mol. The zero-order chi connectivity index (χ0) is 18.7. The molecular formula is C17H24N6O3. The van der Waals surface area contributed by atoms with E-state index < -0.39 is 12.0 Å². The lowest BCUT2D eigenvalue weighted by molar-refractivity contribution is -0.144. The summed E-state index contributed by atoms with van der Waals surface area (Å²) in [6.07, 6.45) is 3.59. The van der Waals surface area contributed by atoms with Gasteiger partial charge in [0, 0.05) is 19.0 Å². The van der Waals surface area contributed by atoms with Crippen molar-refractivity contribution in [2.45, 2.75) is 39.2 Å². The monoisotopic (exact) mass is 360 g/mol. The fraction of sp³-hybridized carbons (Fsp3) is 0.588. The van der Waals surface area contributed by atoms with Crippen molar-refractivity contribution in [3.63, 3.8) is 0 Å². The van der Waals surface area contributed by atoms with Crippen LogP contribution in [0.1, 0.15) is 33.1 Å². The Bertz CT molecular complexity index is 784. The number of carbonyl (C=O) groups is 2. The maximum Gasteiger partial charge on any atom is 0.326 e. The smallest absolute Gasteiger partial charge is 0.326 e. The zero-order valence-electron chi connectivity index (χ0n) is 15.0. The van der Waals surface area contributed by atoms with Crippen molar-refractivity contribution in [1.29, 1.82) is 0 Å². The summed E-state index contributed by atoms with van der Waals surface area (Å²) in [6.45, 7) is 5.15. The Hall–Kier alpha value is -2.71. The van der Waals surface area contributed by atoms with Crippen LogP contribution in [-0.4, -0.2) is 55.9 Å². The summed E-state index contributed by atoms with van der Waals surface area (Å²) >= 11 is 0. The number of hydrogen-bond acceptors (Lipinski definition) is 6. The van der Waals surface area contributed by atoms with Crippen molar-refractivity contribution in [2.24, 2.45) is 11.8 Å². The van der Waals surface area contributed by atoms with Gasteiger partial charge in [0.1, 0.15) is 18.2 Å². The number of carboxylic acid groups (broad SMARTS) is 1. The number of nitrogens with one attached hydrogen (secondary N) is 1. The number of hydrogen-bond donors (Lipinski definition) is 2. The molecule has 0 saturated carbocycles. The first-order chi connectivity index (χ1) is 12.5. The maximum atomic E-state index is 12.5. The van der Waals surface area contributed by atoms with Crippen LogP contribution >= 0.6 is 0 Å². The molecule has 0 unspecified atom stereocenters. The summed E-state index contributed by atoms with van der Waals surface area (Å²) in [4.78, 5) is 26.0. The molecule has 0 aliphatic carbocycles. The minimum Gasteiger partial charge on any atom is -0.480 e. The van der Waals surface area contributed by atoms with Crippen molar-refractivity contribution >= 4 is 23.3 Å². The van der Waals surface area contributed by atoms with Crippen molar-refractivity contribution < 1.29 is 14.7 Å². The van der Waals surface area contributed by atoms with Gasteiger partial charge in [0.15, 0.2) is 5.65 Å². The predicted molar refractivity (Wildman–Crippen MR) is 94.7 cm³/mol. The Morgan fingerprint density at radius 2 is 2.08 bits per heavy atom. The molecule has 26 heavy (non-hydrogen) atoms. The molecule has 9 nitrogen and oxygen atoms in total. The molecule has 2 N–H and O–H groups in total. The third-order valence-corrected chi connectivity index (χ3v) is 5.11. The van der Waals surface area contributed by atoms with Gasteiger partial charge in [-0.3, -0.25) is 4.79 Å². The first-order valence-corrected chi connectivity index (χ1v) is 8.94. The van der Waals surface area contributed by atoms with E-state index in [0.717, 1.165) is 5.82 Å². The standard InChI is InChI=1S/C17H24N6O3/c1-3-11(2)15(17(25)26)19-16(24)12-6-8-22(9-7-12)14-5-4-13-20-18-10-23(13)21-14/h4-5,10-12,15H,3,6-9H2,1-2H3,(H,19,24)(H,25,26)/t11-,15-/m0/s1. The van der Waals surface area contributed by atoms with Crippen LogP contribution in [0.4, 0.5) is 5.82 Å². The van der Waals surface area contributed by atoms with E-state index >= 15 is 0 Å². The summed E-state index contributed by atoms with van der Waals surface area (Å²) in [6, 6.07) is 2.93. The number of aliphatic carboxylic acids is 1. The van der Waals surface area contributed by atoms with Gasteiger partial charge in [-0.15, -0.1) is 15.3 Å². The van der Waals surface area contributed by atoms with Crippen LogP contribution in [0.15, 0.2) is 18.5 Å². The minimum atomic E-state index is -0.975. The van der Waals surface area contributed by atoms with Crippen molar-refractivity contribution in [2.75, 3.05) is 18.0 Å². The quantitative estimate of drug-likeness (QED) is 0.789. The number of anilines is 1. The van der Waals surface area contributed by atoms with Gasteiger partial charge in [-0.1, -0.05) is 20.3 Å². The molecule has 1 saturated heterocycles. The fourth-order valence-electron chi connectivity index (χ4n) is 3.21. The van der Waals surface area contributed by atoms with Gasteiger partial charge < -0.3 is 15.3 Å². The summed E-state index contributed by atoms with van der Waals surface area (Å²) in [7, 11) is 0. The second-order valence-electron chi connectivity index (χ2n) is 6.80. The van der Waals surface area contributed by atoms with Gasteiger partial charge in [-0.25, -0.2) is 4.79 Å². The number of aromatic nitrogens is 4. The van der Waals surface area contributed by atoms with E-state index in [1.54, 1.807) is 10.8 Å². The normalized spacial score (nSPS) is 17.8. The lowest BCUT2D eigenvalue weighted by Crippen LogP contribution is -2.49.